The Hall–Kier alpha value is -3.08. The second-order valence-corrected chi connectivity index (χ2v) is 6.36. The standard InChI is InChI=1S/C20H20N4O/c1-13-11-15-7-3-6-10-18(15)24(13)12-19(25)21-14(2)20-22-16-8-4-5-9-17(16)23-20/h3-11,14H,12H2,1-2H3,(H,21,25)(H,22,23)/t14-/m0/s1. The number of hydrogen-bond acceptors (Lipinski definition) is 2. The molecule has 0 aliphatic rings. The van der Waals surface area contributed by atoms with E-state index in [2.05, 4.69) is 27.4 Å². The van der Waals surface area contributed by atoms with Crippen molar-refractivity contribution in [3.8, 4) is 0 Å². The number of aryl methyl sites for hydroxylation is 1. The topological polar surface area (TPSA) is 62.7 Å². The molecule has 2 heterocycles. The normalized spacial score (nSPS) is 12.6. The lowest BCUT2D eigenvalue weighted by atomic mass is 10.2. The van der Waals surface area contributed by atoms with Crippen LogP contribution in [-0.4, -0.2) is 20.4 Å². The SMILES string of the molecule is Cc1cc2ccccc2n1CC(=O)N[C@@H](C)c1nc2ccccc2[nH]1. The quantitative estimate of drug-likeness (QED) is 0.598. The van der Waals surface area contributed by atoms with E-state index in [0.717, 1.165) is 33.5 Å². The average molecular weight is 332 g/mol. The highest BCUT2D eigenvalue weighted by molar-refractivity contribution is 5.84. The zero-order valence-electron chi connectivity index (χ0n) is 14.3. The van der Waals surface area contributed by atoms with Crippen LogP contribution in [0.2, 0.25) is 0 Å². The van der Waals surface area contributed by atoms with Crippen molar-refractivity contribution in [1.29, 1.82) is 0 Å². The third kappa shape index (κ3) is 2.89. The molecule has 25 heavy (non-hydrogen) atoms. The molecule has 5 heteroatoms. The minimum atomic E-state index is -0.179. The Morgan fingerprint density at radius 2 is 1.96 bits per heavy atom. The Kier molecular flexibility index (Phi) is 3.76. The number of aromatic amines is 1. The van der Waals surface area contributed by atoms with Crippen LogP contribution in [0.25, 0.3) is 21.9 Å². The van der Waals surface area contributed by atoms with Gasteiger partial charge in [-0.2, -0.15) is 0 Å². The smallest absolute Gasteiger partial charge is 0.240 e. The van der Waals surface area contributed by atoms with Crippen LogP contribution in [0.5, 0.6) is 0 Å². The van der Waals surface area contributed by atoms with Crippen molar-refractivity contribution in [2.45, 2.75) is 26.4 Å². The summed E-state index contributed by atoms with van der Waals surface area (Å²) in [7, 11) is 0. The summed E-state index contributed by atoms with van der Waals surface area (Å²) in [5.74, 6) is 0.737. The van der Waals surface area contributed by atoms with Crippen molar-refractivity contribution in [2.75, 3.05) is 0 Å². The van der Waals surface area contributed by atoms with Crippen LogP contribution in [0.4, 0.5) is 0 Å². The molecule has 126 valence electrons. The molecule has 2 aromatic heterocycles. The van der Waals surface area contributed by atoms with Crippen LogP contribution in [0.3, 0.4) is 0 Å². The average Bonchev–Trinajstić information content (AvgIpc) is 3.16. The number of rotatable bonds is 4. The molecule has 1 amide bonds. The maximum atomic E-state index is 12.5. The molecule has 0 saturated heterocycles. The number of H-pyrrole nitrogens is 1. The maximum absolute atomic E-state index is 12.5. The molecule has 0 aliphatic heterocycles. The predicted octanol–water partition coefficient (Wildman–Crippen LogP) is 3.70. The predicted molar refractivity (Wildman–Crippen MR) is 99.3 cm³/mol. The van der Waals surface area contributed by atoms with Gasteiger partial charge in [0.15, 0.2) is 0 Å². The molecule has 0 saturated carbocycles. The van der Waals surface area contributed by atoms with Gasteiger partial charge in [0.1, 0.15) is 12.4 Å². The van der Waals surface area contributed by atoms with Gasteiger partial charge in [-0.3, -0.25) is 4.79 Å². The van der Waals surface area contributed by atoms with E-state index < -0.39 is 0 Å². The van der Waals surface area contributed by atoms with Crippen LogP contribution < -0.4 is 5.32 Å². The zero-order chi connectivity index (χ0) is 17.4. The molecule has 1 atom stereocenters. The minimum absolute atomic E-state index is 0.0302. The number of nitrogens with one attached hydrogen (secondary N) is 2. The lowest BCUT2D eigenvalue weighted by Crippen LogP contribution is -2.30. The molecular formula is C20H20N4O. The van der Waals surface area contributed by atoms with Gasteiger partial charge >= 0.3 is 0 Å². The molecule has 4 rings (SSSR count). The van der Waals surface area contributed by atoms with Gasteiger partial charge in [-0.25, -0.2) is 4.98 Å². The van der Waals surface area contributed by atoms with Crippen LogP contribution >= 0.6 is 0 Å². The lowest BCUT2D eigenvalue weighted by Gasteiger charge is -2.13. The Bertz CT molecular complexity index is 1030. The van der Waals surface area contributed by atoms with Gasteiger partial charge in [-0.1, -0.05) is 30.3 Å². The van der Waals surface area contributed by atoms with Gasteiger partial charge in [0, 0.05) is 11.2 Å². The monoisotopic (exact) mass is 332 g/mol. The fourth-order valence-electron chi connectivity index (χ4n) is 3.23. The van der Waals surface area contributed by atoms with E-state index in [1.165, 1.54) is 0 Å². The second-order valence-electron chi connectivity index (χ2n) is 6.36. The van der Waals surface area contributed by atoms with Crippen molar-refractivity contribution >= 4 is 27.8 Å². The second kappa shape index (κ2) is 6.09. The summed E-state index contributed by atoms with van der Waals surface area (Å²) in [6.07, 6.45) is 0. The summed E-state index contributed by atoms with van der Waals surface area (Å²) in [6, 6.07) is 17.9. The molecule has 0 fully saturated rings. The summed E-state index contributed by atoms with van der Waals surface area (Å²) >= 11 is 0. The van der Waals surface area contributed by atoms with Crippen LogP contribution in [0, 0.1) is 6.92 Å². The van der Waals surface area contributed by atoms with E-state index in [0.29, 0.717) is 6.54 Å². The summed E-state index contributed by atoms with van der Waals surface area (Å²) in [4.78, 5) is 20.4. The van der Waals surface area contributed by atoms with Gasteiger partial charge in [-0.05, 0) is 43.5 Å². The highest BCUT2D eigenvalue weighted by Crippen LogP contribution is 2.19. The van der Waals surface area contributed by atoms with Crippen LogP contribution in [-0.2, 0) is 11.3 Å². The maximum Gasteiger partial charge on any atom is 0.240 e. The van der Waals surface area contributed by atoms with Crippen molar-refractivity contribution < 1.29 is 4.79 Å². The van der Waals surface area contributed by atoms with Crippen molar-refractivity contribution in [3.05, 3.63) is 66.1 Å². The van der Waals surface area contributed by atoms with E-state index in [1.54, 1.807) is 0 Å². The Morgan fingerprint density at radius 3 is 2.80 bits per heavy atom. The third-order valence-electron chi connectivity index (χ3n) is 4.51. The largest absolute Gasteiger partial charge is 0.345 e. The highest BCUT2D eigenvalue weighted by Gasteiger charge is 2.15. The van der Waals surface area contributed by atoms with Gasteiger partial charge in [-0.15, -0.1) is 0 Å². The number of para-hydroxylation sites is 3. The summed E-state index contributed by atoms with van der Waals surface area (Å²) in [5.41, 5.74) is 4.04. The zero-order valence-corrected chi connectivity index (χ0v) is 14.3. The van der Waals surface area contributed by atoms with E-state index in [4.69, 9.17) is 0 Å². The molecular weight excluding hydrogens is 312 g/mol. The Morgan fingerprint density at radius 1 is 1.20 bits per heavy atom. The first kappa shape index (κ1) is 15.4. The fourth-order valence-corrected chi connectivity index (χ4v) is 3.23. The summed E-state index contributed by atoms with van der Waals surface area (Å²) in [5, 5.41) is 4.18. The van der Waals surface area contributed by atoms with E-state index in [-0.39, 0.29) is 11.9 Å². The molecule has 0 unspecified atom stereocenters. The molecule has 2 N–H and O–H groups in total. The molecule has 0 radical (unpaired) electrons. The Balaban J connectivity index is 1.52. The number of fused-ring (bicyclic) bond motifs is 2. The van der Waals surface area contributed by atoms with E-state index >= 15 is 0 Å². The van der Waals surface area contributed by atoms with Gasteiger partial charge < -0.3 is 14.9 Å². The van der Waals surface area contributed by atoms with Crippen LogP contribution in [0.15, 0.2) is 54.6 Å². The molecule has 0 bridgehead atoms. The van der Waals surface area contributed by atoms with E-state index in [1.807, 2.05) is 60.9 Å². The fraction of sp³-hybridized carbons (Fsp3) is 0.200. The van der Waals surface area contributed by atoms with Crippen molar-refractivity contribution in [3.63, 3.8) is 0 Å². The summed E-state index contributed by atoms with van der Waals surface area (Å²) in [6.45, 7) is 4.26. The van der Waals surface area contributed by atoms with Gasteiger partial charge in [0.05, 0.1) is 17.1 Å². The molecule has 0 spiro atoms. The first-order valence-corrected chi connectivity index (χ1v) is 8.41. The first-order chi connectivity index (χ1) is 12.1. The number of carbonyl (C=O) groups excluding carboxylic acids is 1. The van der Waals surface area contributed by atoms with Crippen molar-refractivity contribution in [2.24, 2.45) is 0 Å². The minimum Gasteiger partial charge on any atom is -0.345 e. The Labute approximate surface area is 145 Å². The number of amides is 1. The molecule has 0 aliphatic carbocycles. The van der Waals surface area contributed by atoms with Crippen molar-refractivity contribution in [1.82, 2.24) is 19.9 Å². The van der Waals surface area contributed by atoms with Gasteiger partial charge in [0.2, 0.25) is 5.91 Å². The van der Waals surface area contributed by atoms with Crippen LogP contribution in [0.1, 0.15) is 24.5 Å². The summed E-state index contributed by atoms with van der Waals surface area (Å²) < 4.78 is 2.04. The molecule has 2 aromatic carbocycles. The highest BCUT2D eigenvalue weighted by atomic mass is 16.2. The lowest BCUT2D eigenvalue weighted by molar-refractivity contribution is -0.122. The number of hydrogen-bond donors (Lipinski definition) is 2. The van der Waals surface area contributed by atoms with E-state index in [9.17, 15) is 4.79 Å². The number of benzene rings is 2. The first-order valence-electron chi connectivity index (χ1n) is 8.41. The third-order valence-corrected chi connectivity index (χ3v) is 4.51. The molecule has 4 aromatic rings. The van der Waals surface area contributed by atoms with Gasteiger partial charge in [0.25, 0.3) is 0 Å². The number of imidazole rings is 1. The number of aromatic nitrogens is 3. The molecule has 5 nitrogen and oxygen atoms in total. The number of carbonyl (C=O) groups is 1. The number of nitrogens with zero attached hydrogens (tertiary/aromatic N) is 2.